The molecule has 0 fully saturated rings. The Hall–Kier alpha value is -2.63. The first-order valence-corrected chi connectivity index (χ1v) is 11.4. The molecule has 0 radical (unpaired) electrons. The van der Waals surface area contributed by atoms with Crippen molar-refractivity contribution < 1.29 is 4.39 Å². The summed E-state index contributed by atoms with van der Waals surface area (Å²) in [7, 11) is 0. The molecule has 1 aromatic carbocycles. The van der Waals surface area contributed by atoms with Gasteiger partial charge in [0.15, 0.2) is 0 Å². The van der Waals surface area contributed by atoms with Gasteiger partial charge in [0.2, 0.25) is 0 Å². The van der Waals surface area contributed by atoms with Gasteiger partial charge in [-0.25, -0.2) is 4.39 Å². The number of aromatic nitrogens is 2. The van der Waals surface area contributed by atoms with Crippen LogP contribution in [-0.4, -0.2) is 28.0 Å². The lowest BCUT2D eigenvalue weighted by Crippen LogP contribution is -2.33. The van der Waals surface area contributed by atoms with E-state index in [1.54, 1.807) is 12.1 Å². The van der Waals surface area contributed by atoms with Crippen LogP contribution in [0.4, 0.5) is 4.39 Å². The Bertz CT molecular complexity index is 1080. The van der Waals surface area contributed by atoms with E-state index in [4.69, 9.17) is 15.7 Å². The fourth-order valence-electron chi connectivity index (χ4n) is 5.22. The fourth-order valence-corrected chi connectivity index (χ4v) is 5.22. The smallest absolute Gasteiger partial charge is 0.123 e. The SMILES string of the molecule is NCCCCN(Cc1nccc2c1Cc1cc(F)ccc1-2)C1CCCc2cccnc21. The van der Waals surface area contributed by atoms with E-state index in [1.165, 1.54) is 28.8 Å². The molecule has 160 valence electrons. The van der Waals surface area contributed by atoms with Gasteiger partial charge in [-0.05, 0) is 97.3 Å². The number of hydrogen-bond donors (Lipinski definition) is 1. The zero-order valence-electron chi connectivity index (χ0n) is 17.9. The van der Waals surface area contributed by atoms with Crippen LogP contribution in [0.5, 0.6) is 0 Å². The normalized spacial score (nSPS) is 16.8. The highest BCUT2D eigenvalue weighted by Crippen LogP contribution is 2.39. The monoisotopic (exact) mass is 416 g/mol. The maximum absolute atomic E-state index is 13.8. The maximum atomic E-state index is 13.8. The molecule has 5 heteroatoms. The van der Waals surface area contributed by atoms with Gasteiger partial charge in [0, 0.05) is 25.4 Å². The van der Waals surface area contributed by atoms with Crippen LogP contribution in [0, 0.1) is 5.82 Å². The van der Waals surface area contributed by atoms with Gasteiger partial charge in [-0.1, -0.05) is 12.1 Å². The van der Waals surface area contributed by atoms with Gasteiger partial charge >= 0.3 is 0 Å². The predicted molar refractivity (Wildman–Crippen MR) is 121 cm³/mol. The Balaban J connectivity index is 1.46. The van der Waals surface area contributed by atoms with Crippen LogP contribution in [-0.2, 0) is 19.4 Å². The maximum Gasteiger partial charge on any atom is 0.123 e. The van der Waals surface area contributed by atoms with Crippen molar-refractivity contribution in [1.29, 1.82) is 0 Å². The fraction of sp³-hybridized carbons (Fsp3) is 0.385. The van der Waals surface area contributed by atoms with Crippen LogP contribution >= 0.6 is 0 Å². The second-order valence-corrected chi connectivity index (χ2v) is 8.68. The van der Waals surface area contributed by atoms with Crippen molar-refractivity contribution in [3.05, 3.63) is 82.7 Å². The summed E-state index contributed by atoms with van der Waals surface area (Å²) in [5.41, 5.74) is 14.1. The summed E-state index contributed by atoms with van der Waals surface area (Å²) in [5.74, 6) is -0.172. The quantitative estimate of drug-likeness (QED) is 0.440. The van der Waals surface area contributed by atoms with Crippen molar-refractivity contribution >= 4 is 0 Å². The molecule has 2 aliphatic rings. The minimum Gasteiger partial charge on any atom is -0.330 e. The molecule has 2 N–H and O–H groups in total. The van der Waals surface area contributed by atoms with Crippen LogP contribution in [0.3, 0.4) is 0 Å². The molecule has 2 aliphatic carbocycles. The number of pyridine rings is 2. The molecule has 0 spiro atoms. The molecular formula is C26H29FN4. The van der Waals surface area contributed by atoms with E-state index in [9.17, 15) is 4.39 Å². The number of nitrogens with zero attached hydrogens (tertiary/aromatic N) is 3. The summed E-state index contributed by atoms with van der Waals surface area (Å²) in [5, 5.41) is 0. The van der Waals surface area contributed by atoms with E-state index in [2.05, 4.69) is 17.0 Å². The molecule has 4 nitrogen and oxygen atoms in total. The number of nitrogens with two attached hydrogens (primary N) is 1. The Labute approximate surface area is 183 Å². The highest BCUT2D eigenvalue weighted by Gasteiger charge is 2.29. The lowest BCUT2D eigenvalue weighted by Gasteiger charge is -2.35. The molecule has 0 saturated carbocycles. The third-order valence-corrected chi connectivity index (χ3v) is 6.73. The molecule has 3 aromatic rings. The van der Waals surface area contributed by atoms with Crippen molar-refractivity contribution in [3.8, 4) is 11.1 Å². The summed E-state index contributed by atoms with van der Waals surface area (Å²) in [6.07, 6.45) is 10.1. The zero-order valence-corrected chi connectivity index (χ0v) is 17.9. The topological polar surface area (TPSA) is 55.0 Å². The van der Waals surface area contributed by atoms with Crippen LogP contribution in [0.15, 0.2) is 48.8 Å². The number of hydrogen-bond acceptors (Lipinski definition) is 4. The Morgan fingerprint density at radius 1 is 1.03 bits per heavy atom. The zero-order chi connectivity index (χ0) is 21.2. The van der Waals surface area contributed by atoms with Crippen LogP contribution < -0.4 is 5.73 Å². The first-order chi connectivity index (χ1) is 15.2. The lowest BCUT2D eigenvalue weighted by molar-refractivity contribution is 0.160. The molecule has 31 heavy (non-hydrogen) atoms. The van der Waals surface area contributed by atoms with Crippen molar-refractivity contribution in [2.24, 2.45) is 5.73 Å². The Morgan fingerprint density at radius 2 is 1.97 bits per heavy atom. The molecule has 1 unspecified atom stereocenters. The summed E-state index contributed by atoms with van der Waals surface area (Å²) >= 11 is 0. The van der Waals surface area contributed by atoms with E-state index in [-0.39, 0.29) is 5.82 Å². The van der Waals surface area contributed by atoms with Crippen LogP contribution in [0.2, 0.25) is 0 Å². The molecule has 0 bridgehead atoms. The molecular weight excluding hydrogens is 387 g/mol. The van der Waals surface area contributed by atoms with Gasteiger partial charge < -0.3 is 5.73 Å². The van der Waals surface area contributed by atoms with Gasteiger partial charge in [-0.2, -0.15) is 0 Å². The van der Waals surface area contributed by atoms with E-state index in [0.29, 0.717) is 12.6 Å². The number of halogens is 1. The molecule has 0 saturated heterocycles. The lowest BCUT2D eigenvalue weighted by atomic mass is 9.90. The highest BCUT2D eigenvalue weighted by molar-refractivity contribution is 5.77. The third kappa shape index (κ3) is 4.00. The summed E-state index contributed by atoms with van der Waals surface area (Å²) < 4.78 is 13.8. The Kier molecular flexibility index (Phi) is 5.79. The van der Waals surface area contributed by atoms with Gasteiger partial charge in [0.25, 0.3) is 0 Å². The van der Waals surface area contributed by atoms with Crippen molar-refractivity contribution in [1.82, 2.24) is 14.9 Å². The number of fused-ring (bicyclic) bond motifs is 4. The van der Waals surface area contributed by atoms with Gasteiger partial charge in [0.1, 0.15) is 5.82 Å². The molecule has 2 heterocycles. The average Bonchev–Trinajstić information content (AvgIpc) is 3.16. The van der Waals surface area contributed by atoms with Gasteiger partial charge in [-0.15, -0.1) is 0 Å². The molecule has 0 aliphatic heterocycles. The number of aryl methyl sites for hydroxylation is 1. The summed E-state index contributed by atoms with van der Waals surface area (Å²) in [4.78, 5) is 12.1. The van der Waals surface area contributed by atoms with Crippen LogP contribution in [0.25, 0.3) is 11.1 Å². The molecule has 1 atom stereocenters. The van der Waals surface area contributed by atoms with Gasteiger partial charge in [-0.3, -0.25) is 14.9 Å². The standard InChI is InChI=1S/C26H29FN4/c27-20-8-9-21-19(15-20)16-23-22(21)10-13-29-24(23)17-31(14-2-1-11-28)25-7-3-5-18-6-4-12-30-26(18)25/h4,6,8-10,12-13,15,25H,1-3,5,7,11,14,16-17,28H2. The second kappa shape index (κ2) is 8.85. The largest absolute Gasteiger partial charge is 0.330 e. The highest BCUT2D eigenvalue weighted by atomic mass is 19.1. The summed E-state index contributed by atoms with van der Waals surface area (Å²) in [6.45, 7) is 2.48. The molecule has 2 aromatic heterocycles. The first-order valence-electron chi connectivity index (χ1n) is 11.4. The van der Waals surface area contributed by atoms with E-state index < -0.39 is 0 Å². The predicted octanol–water partition coefficient (Wildman–Crippen LogP) is 4.81. The minimum absolute atomic E-state index is 0.172. The first kappa shape index (κ1) is 20.3. The van der Waals surface area contributed by atoms with Gasteiger partial charge in [0.05, 0.1) is 17.4 Å². The second-order valence-electron chi connectivity index (χ2n) is 8.68. The Morgan fingerprint density at radius 3 is 2.87 bits per heavy atom. The van der Waals surface area contributed by atoms with Crippen LogP contribution in [0.1, 0.15) is 59.8 Å². The third-order valence-electron chi connectivity index (χ3n) is 6.73. The van der Waals surface area contributed by atoms with E-state index >= 15 is 0 Å². The molecule has 0 amide bonds. The van der Waals surface area contributed by atoms with E-state index in [0.717, 1.165) is 62.0 Å². The number of rotatable bonds is 7. The average molecular weight is 417 g/mol. The van der Waals surface area contributed by atoms with Crippen molar-refractivity contribution in [2.75, 3.05) is 13.1 Å². The van der Waals surface area contributed by atoms with Crippen molar-refractivity contribution in [3.63, 3.8) is 0 Å². The molecule has 5 rings (SSSR count). The number of unbranched alkanes of at least 4 members (excludes halogenated alkanes) is 1. The van der Waals surface area contributed by atoms with E-state index in [1.807, 2.05) is 24.5 Å². The summed E-state index contributed by atoms with van der Waals surface area (Å²) in [6, 6.07) is 11.8. The number of benzene rings is 1. The van der Waals surface area contributed by atoms with Crippen molar-refractivity contribution in [2.45, 2.75) is 51.1 Å². The minimum atomic E-state index is -0.172.